The molecule has 1 aliphatic carbocycles. The van der Waals surface area contributed by atoms with Crippen molar-refractivity contribution in [1.82, 2.24) is 14.8 Å². The van der Waals surface area contributed by atoms with E-state index in [4.69, 9.17) is 20.5 Å². The average molecular weight is 604 g/mol. The first-order valence-electron chi connectivity index (χ1n) is 13.5. The minimum absolute atomic E-state index is 0.0534. The molecule has 4 unspecified atom stereocenters. The predicted octanol–water partition coefficient (Wildman–Crippen LogP) is 5.07. The molecule has 11 heteroatoms. The van der Waals surface area contributed by atoms with Crippen LogP contribution in [0.15, 0.2) is 10.5 Å². The van der Waals surface area contributed by atoms with Gasteiger partial charge in [0.15, 0.2) is 5.82 Å². The van der Waals surface area contributed by atoms with Gasteiger partial charge in [-0.2, -0.15) is 5.26 Å². The second kappa shape index (κ2) is 10.6. The lowest BCUT2D eigenvalue weighted by atomic mass is 9.79. The van der Waals surface area contributed by atoms with Crippen LogP contribution in [0.5, 0.6) is 5.88 Å². The summed E-state index contributed by atoms with van der Waals surface area (Å²) >= 11 is 3.37. The second-order valence-electron chi connectivity index (χ2n) is 11.9. The van der Waals surface area contributed by atoms with Crippen LogP contribution in [-0.2, 0) is 11.2 Å². The maximum atomic E-state index is 15.7. The van der Waals surface area contributed by atoms with E-state index in [-0.39, 0.29) is 52.4 Å². The first-order valence-corrected chi connectivity index (χ1v) is 14.3. The van der Waals surface area contributed by atoms with Crippen molar-refractivity contribution in [1.29, 1.82) is 5.26 Å². The number of nitriles is 1. The number of pyridine rings is 1. The van der Waals surface area contributed by atoms with Gasteiger partial charge in [0.25, 0.3) is 0 Å². The Labute approximate surface area is 236 Å². The minimum Gasteiger partial charge on any atom is -0.474 e. The molecule has 1 aromatic heterocycles. The molecule has 6 rings (SSSR count). The summed E-state index contributed by atoms with van der Waals surface area (Å²) in [7, 11) is 2.06. The smallest absolute Gasteiger partial charge is 0.410 e. The number of fused-ring (bicyclic) bond motifs is 2. The van der Waals surface area contributed by atoms with Gasteiger partial charge in [0.1, 0.15) is 23.4 Å². The number of benzene rings is 1. The Morgan fingerprint density at radius 2 is 2.18 bits per heavy atom. The highest BCUT2D eigenvalue weighted by atomic mass is 79.9. The van der Waals surface area contributed by atoms with Crippen LogP contribution in [0.3, 0.4) is 0 Å². The van der Waals surface area contributed by atoms with Crippen molar-refractivity contribution in [2.24, 2.45) is 5.92 Å². The van der Waals surface area contributed by atoms with Crippen LogP contribution in [0.25, 0.3) is 10.9 Å². The Hall–Kier alpha value is -2.84. The molecule has 1 amide bonds. The monoisotopic (exact) mass is 602 g/mol. The molecule has 3 aliphatic heterocycles. The molecule has 4 heterocycles. The van der Waals surface area contributed by atoms with E-state index in [2.05, 4.69) is 44.2 Å². The van der Waals surface area contributed by atoms with E-state index in [1.54, 1.807) is 4.90 Å². The third-order valence-corrected chi connectivity index (χ3v) is 8.92. The van der Waals surface area contributed by atoms with Gasteiger partial charge in [-0.05, 0) is 87.6 Å². The van der Waals surface area contributed by atoms with Crippen LogP contribution >= 0.6 is 15.9 Å². The summed E-state index contributed by atoms with van der Waals surface area (Å²) in [6.45, 7) is 7.56. The first kappa shape index (κ1) is 27.7. The summed E-state index contributed by atoms with van der Waals surface area (Å²) in [4.78, 5) is 21.4. The number of hydrogen-bond acceptors (Lipinski definition) is 8. The van der Waals surface area contributed by atoms with Crippen LogP contribution in [0.2, 0.25) is 0 Å². The molecule has 3 saturated heterocycles. The number of nitrogens with two attached hydrogens (primary N) is 1. The largest absolute Gasteiger partial charge is 0.474 e. The molecule has 0 spiro atoms. The van der Waals surface area contributed by atoms with Gasteiger partial charge in [-0.1, -0.05) is 0 Å². The topological polar surface area (TPSA) is 117 Å². The third kappa shape index (κ3) is 5.33. The highest BCUT2D eigenvalue weighted by molar-refractivity contribution is 9.10. The molecule has 3 N–H and O–H groups in total. The fourth-order valence-electron chi connectivity index (χ4n) is 5.92. The van der Waals surface area contributed by atoms with E-state index in [9.17, 15) is 4.79 Å². The van der Waals surface area contributed by atoms with Crippen molar-refractivity contribution in [3.05, 3.63) is 21.9 Å². The molecule has 39 heavy (non-hydrogen) atoms. The number of aromatic nitrogens is 1. The summed E-state index contributed by atoms with van der Waals surface area (Å²) in [6.07, 6.45) is 3.29. The molecule has 4 atom stereocenters. The molecule has 4 fully saturated rings. The zero-order valence-electron chi connectivity index (χ0n) is 22.9. The van der Waals surface area contributed by atoms with Gasteiger partial charge >= 0.3 is 6.09 Å². The first-order chi connectivity index (χ1) is 18.5. The van der Waals surface area contributed by atoms with Gasteiger partial charge in [-0.3, -0.25) is 0 Å². The van der Waals surface area contributed by atoms with E-state index >= 15 is 4.39 Å². The number of halogens is 2. The molecule has 1 saturated carbocycles. The molecular formula is C28H36BrFN6O3. The molecule has 9 nitrogen and oxygen atoms in total. The molecule has 2 aromatic rings. The van der Waals surface area contributed by atoms with Gasteiger partial charge < -0.3 is 30.3 Å². The quantitative estimate of drug-likeness (QED) is 0.451. The number of hydrogen-bond donors (Lipinski definition) is 2. The summed E-state index contributed by atoms with van der Waals surface area (Å²) in [5.74, 6) is -0.102. The lowest BCUT2D eigenvalue weighted by Gasteiger charge is -2.38. The fourth-order valence-corrected chi connectivity index (χ4v) is 6.42. The second-order valence-corrected chi connectivity index (χ2v) is 12.7. The maximum absolute atomic E-state index is 15.7. The average Bonchev–Trinajstić information content (AvgIpc) is 3.58. The molecule has 2 bridgehead atoms. The number of rotatable bonds is 7. The van der Waals surface area contributed by atoms with Crippen molar-refractivity contribution in [2.45, 2.75) is 76.6 Å². The third-order valence-electron chi connectivity index (χ3n) is 8.07. The Balaban J connectivity index is 1.49. The number of carbonyl (C=O) groups excluding carboxylic acids is 1. The summed E-state index contributed by atoms with van der Waals surface area (Å²) < 4.78 is 27.7. The van der Waals surface area contributed by atoms with Crippen molar-refractivity contribution < 1.29 is 18.7 Å². The van der Waals surface area contributed by atoms with E-state index < -0.39 is 11.4 Å². The Morgan fingerprint density at radius 1 is 1.41 bits per heavy atom. The lowest BCUT2D eigenvalue weighted by Crippen LogP contribution is -2.50. The molecule has 1 aromatic carbocycles. The van der Waals surface area contributed by atoms with Crippen LogP contribution in [0.1, 0.15) is 52.0 Å². The van der Waals surface area contributed by atoms with Crippen LogP contribution in [0, 0.1) is 23.1 Å². The molecule has 210 valence electrons. The zero-order valence-corrected chi connectivity index (χ0v) is 24.5. The van der Waals surface area contributed by atoms with Crippen LogP contribution in [0.4, 0.5) is 20.6 Å². The normalized spacial score (nSPS) is 24.5. The fraction of sp³-hybridized carbons (Fsp3) is 0.607. The number of aryl methyl sites for hydroxylation is 1. The summed E-state index contributed by atoms with van der Waals surface area (Å²) in [5, 5.41) is 13.2. The maximum Gasteiger partial charge on any atom is 0.410 e. The number of likely N-dealkylation sites (N-methyl/N-ethyl adjacent to an activating group) is 1. The standard InChI is InChI=1S/C28H36BrFN6O3/c1-28(2,3)39-27(37)36-13-16-12-19(36)23(16)33-25-18-11-15(7-5-9-31)20(29)21(30)24(18)34-26(22(25)32)38-14-17-8-6-10-35(17)4/h11,16-17,19,23H,5-8,10,12-14,32H2,1-4H3,(H,33,34). The van der Waals surface area contributed by atoms with Gasteiger partial charge in [0.05, 0.1) is 28.3 Å². The Bertz CT molecular complexity index is 1330. The Morgan fingerprint density at radius 3 is 2.85 bits per heavy atom. The van der Waals surface area contributed by atoms with Crippen LogP contribution < -0.4 is 15.8 Å². The zero-order chi connectivity index (χ0) is 28.1. The number of anilines is 2. The van der Waals surface area contributed by atoms with Crippen molar-refractivity contribution in [3.8, 4) is 11.9 Å². The SMILES string of the molecule is CN1CCCC1COc1nc2c(F)c(Br)c(CCC#N)cc2c(NC2C3CC2N(C(=O)OC(C)(C)C)C3)c1N. The number of ether oxygens (including phenoxy) is 2. The molecular weight excluding hydrogens is 567 g/mol. The lowest BCUT2D eigenvalue weighted by molar-refractivity contribution is 0.0239. The number of nitrogen functional groups attached to an aromatic ring is 1. The van der Waals surface area contributed by atoms with Gasteiger partial charge in [-0.25, -0.2) is 14.2 Å². The van der Waals surface area contributed by atoms with E-state index in [0.29, 0.717) is 41.9 Å². The van der Waals surface area contributed by atoms with E-state index in [1.165, 1.54) is 0 Å². The number of carbonyl (C=O) groups is 1. The number of likely N-dealkylation sites (tertiary alicyclic amines) is 1. The number of nitrogens with zero attached hydrogens (tertiary/aromatic N) is 4. The minimum atomic E-state index is -0.580. The molecule has 4 aliphatic rings. The predicted molar refractivity (Wildman–Crippen MR) is 151 cm³/mol. The summed E-state index contributed by atoms with van der Waals surface area (Å²) in [5.41, 5.74) is 7.75. The van der Waals surface area contributed by atoms with Gasteiger partial charge in [0.2, 0.25) is 5.88 Å². The summed E-state index contributed by atoms with van der Waals surface area (Å²) in [6, 6.07) is 4.09. The van der Waals surface area contributed by atoms with Gasteiger partial charge in [0, 0.05) is 30.3 Å². The van der Waals surface area contributed by atoms with Crippen LogP contribution in [-0.4, -0.2) is 71.3 Å². The Kier molecular flexibility index (Phi) is 7.55. The van der Waals surface area contributed by atoms with Crippen molar-refractivity contribution >= 4 is 44.3 Å². The van der Waals surface area contributed by atoms with Crippen molar-refractivity contribution in [2.75, 3.05) is 37.8 Å². The highest BCUT2D eigenvalue weighted by Crippen LogP contribution is 2.47. The number of nitrogens with one attached hydrogen (secondary N) is 1. The molecule has 0 radical (unpaired) electrons. The van der Waals surface area contributed by atoms with Crippen molar-refractivity contribution in [3.63, 3.8) is 0 Å². The van der Waals surface area contributed by atoms with E-state index in [0.717, 1.165) is 25.8 Å². The highest BCUT2D eigenvalue weighted by Gasteiger charge is 2.55. The van der Waals surface area contributed by atoms with Gasteiger partial charge in [-0.15, -0.1) is 0 Å². The van der Waals surface area contributed by atoms with E-state index in [1.807, 2.05) is 26.8 Å². The number of amides is 1.